The van der Waals surface area contributed by atoms with E-state index in [4.69, 9.17) is 10.5 Å². The van der Waals surface area contributed by atoms with Crippen LogP contribution in [0.4, 0.5) is 21.8 Å². The maximum Gasteiger partial charge on any atom is 0.288 e. The van der Waals surface area contributed by atoms with Crippen molar-refractivity contribution >= 4 is 34.4 Å². The number of piperidine rings is 1. The molecule has 0 unspecified atom stereocenters. The van der Waals surface area contributed by atoms with Crippen LogP contribution in [0.3, 0.4) is 0 Å². The minimum atomic E-state index is -0.519. The molecule has 1 fully saturated rings. The highest BCUT2D eigenvalue weighted by Gasteiger charge is 2.16. The first kappa shape index (κ1) is 23.5. The predicted molar refractivity (Wildman–Crippen MR) is 134 cm³/mol. The first-order valence-corrected chi connectivity index (χ1v) is 12.2. The molecule has 0 spiro atoms. The van der Waals surface area contributed by atoms with Gasteiger partial charge < -0.3 is 20.7 Å². The molecule has 1 aliphatic rings. The third-order valence-corrected chi connectivity index (χ3v) is 6.23. The molecule has 1 aliphatic heterocycles. The predicted octanol–water partition coefficient (Wildman–Crippen LogP) is 4.36. The van der Waals surface area contributed by atoms with Crippen LogP contribution in [0.5, 0.6) is 11.5 Å². The Kier molecular flexibility index (Phi) is 6.92. The lowest BCUT2D eigenvalue weighted by Gasteiger charge is -2.26. The Bertz CT molecular complexity index is 1370. The number of pyridine rings is 1. The van der Waals surface area contributed by atoms with Crippen LogP contribution in [-0.4, -0.2) is 38.8 Å². The average molecular weight is 491 g/mol. The normalized spacial score (nSPS) is 13.6. The van der Waals surface area contributed by atoms with E-state index in [2.05, 4.69) is 25.3 Å². The van der Waals surface area contributed by atoms with E-state index in [1.165, 1.54) is 12.5 Å². The van der Waals surface area contributed by atoms with Crippen LogP contribution in [0, 0.1) is 5.82 Å². The summed E-state index contributed by atoms with van der Waals surface area (Å²) in [4.78, 5) is 29.0. The second-order valence-electron chi connectivity index (χ2n) is 8.88. The Morgan fingerprint density at radius 2 is 2.00 bits per heavy atom. The number of carbonyl (C=O) groups is 1. The highest BCUT2D eigenvalue weighted by atomic mass is 19.1. The molecule has 10 heteroatoms. The van der Waals surface area contributed by atoms with Crippen molar-refractivity contribution in [3.05, 3.63) is 60.3 Å². The van der Waals surface area contributed by atoms with Crippen molar-refractivity contribution in [2.24, 2.45) is 0 Å². The minimum Gasteiger partial charge on any atom is -0.453 e. The number of likely N-dealkylation sites (tertiary alicyclic amines) is 1. The summed E-state index contributed by atoms with van der Waals surface area (Å²) in [6.07, 6.45) is 8.63. The van der Waals surface area contributed by atoms with Crippen LogP contribution < -0.4 is 20.8 Å². The van der Waals surface area contributed by atoms with Crippen LogP contribution in [0.2, 0.25) is 0 Å². The first-order valence-electron chi connectivity index (χ1n) is 12.2. The van der Waals surface area contributed by atoms with Gasteiger partial charge in [-0.25, -0.2) is 19.3 Å². The summed E-state index contributed by atoms with van der Waals surface area (Å²) in [7, 11) is 0. The molecule has 0 aliphatic carbocycles. The maximum absolute atomic E-state index is 14.8. The fourth-order valence-electron chi connectivity index (χ4n) is 4.43. The number of ether oxygens (including phenoxy) is 1. The van der Waals surface area contributed by atoms with E-state index in [1.54, 1.807) is 36.7 Å². The number of amides is 1. The first-order chi connectivity index (χ1) is 17.5. The number of benzene rings is 1. The van der Waals surface area contributed by atoms with Gasteiger partial charge in [0.1, 0.15) is 17.0 Å². The van der Waals surface area contributed by atoms with E-state index >= 15 is 0 Å². The van der Waals surface area contributed by atoms with Crippen molar-refractivity contribution in [3.8, 4) is 11.5 Å². The van der Waals surface area contributed by atoms with Gasteiger partial charge in [-0.2, -0.15) is 4.98 Å². The van der Waals surface area contributed by atoms with Crippen LogP contribution in [-0.2, 0) is 11.2 Å². The summed E-state index contributed by atoms with van der Waals surface area (Å²) in [5, 5.41) is 3.90. The molecule has 36 heavy (non-hydrogen) atoms. The zero-order valence-electron chi connectivity index (χ0n) is 19.9. The molecule has 0 atom stereocenters. The van der Waals surface area contributed by atoms with Gasteiger partial charge in [-0.05, 0) is 50.3 Å². The standard InChI is InChI=1S/C26H28FN7O2/c27-20-15-18(7-8-22(20)36-21-10-12-30-25-19(21)9-11-29-25)31-23-16-17(32-26(28)33-23)5-4-6-24(35)34-13-2-1-3-14-34/h7-12,15-16H,1-6,13-14H2,(H,29,30)(H3,28,31,32,33)/p+1. The molecular formula is C26H29FN7O2+. The monoisotopic (exact) mass is 490 g/mol. The molecule has 1 amide bonds. The maximum atomic E-state index is 14.8. The molecule has 5 rings (SSSR count). The quantitative estimate of drug-likeness (QED) is 0.337. The van der Waals surface area contributed by atoms with Crippen molar-refractivity contribution in [2.75, 3.05) is 24.1 Å². The Morgan fingerprint density at radius 3 is 2.83 bits per heavy atom. The number of nitrogens with one attached hydrogen (secondary N) is 3. The van der Waals surface area contributed by atoms with Crippen LogP contribution in [0.25, 0.3) is 11.0 Å². The summed E-state index contributed by atoms with van der Waals surface area (Å²) < 4.78 is 20.7. The van der Waals surface area contributed by atoms with E-state index in [-0.39, 0.29) is 17.6 Å². The number of aromatic nitrogens is 4. The molecule has 4 aromatic rings. The number of fused-ring (bicyclic) bond motifs is 1. The fraction of sp³-hybridized carbons (Fsp3) is 0.308. The SMILES string of the molecule is Nc1nc(CCCC(=O)N2CCCCC2)cc(Nc2ccc(Oc3cc[nH+]c4[nH]ccc34)c(F)c2)n1. The molecule has 5 N–H and O–H groups in total. The third-order valence-electron chi connectivity index (χ3n) is 6.23. The molecular weight excluding hydrogens is 461 g/mol. The highest BCUT2D eigenvalue weighted by Crippen LogP contribution is 2.31. The van der Waals surface area contributed by atoms with E-state index in [0.717, 1.165) is 42.7 Å². The number of nitrogens with two attached hydrogens (primary N) is 1. The Balaban J connectivity index is 1.21. The van der Waals surface area contributed by atoms with Crippen LogP contribution in [0.1, 0.15) is 37.8 Å². The van der Waals surface area contributed by atoms with Crippen LogP contribution >= 0.6 is 0 Å². The Labute approximate surface area is 207 Å². The van der Waals surface area contributed by atoms with Gasteiger partial charge in [0.05, 0.1) is 12.4 Å². The number of hydrogen-bond donors (Lipinski definition) is 3. The number of aryl methyl sites for hydroxylation is 1. The van der Waals surface area contributed by atoms with Gasteiger partial charge in [0, 0.05) is 49.1 Å². The second kappa shape index (κ2) is 10.6. The number of nitrogens with zero attached hydrogens (tertiary/aromatic N) is 3. The van der Waals surface area contributed by atoms with Crippen molar-refractivity contribution in [2.45, 2.75) is 38.5 Å². The fourth-order valence-corrected chi connectivity index (χ4v) is 4.43. The second-order valence-corrected chi connectivity index (χ2v) is 8.88. The summed E-state index contributed by atoms with van der Waals surface area (Å²) in [6.45, 7) is 1.71. The Hall–Kier alpha value is -4.21. The third kappa shape index (κ3) is 5.54. The van der Waals surface area contributed by atoms with Crippen molar-refractivity contribution in [1.82, 2.24) is 19.9 Å². The van der Waals surface area contributed by atoms with E-state index in [1.807, 2.05) is 11.0 Å². The van der Waals surface area contributed by atoms with Gasteiger partial charge >= 0.3 is 0 Å². The molecule has 0 bridgehead atoms. The zero-order chi connectivity index (χ0) is 24.9. The number of carbonyl (C=O) groups excluding carboxylic acids is 1. The number of halogens is 1. The lowest BCUT2D eigenvalue weighted by molar-refractivity contribution is -0.347. The molecule has 1 saturated heterocycles. The van der Waals surface area contributed by atoms with Crippen molar-refractivity contribution < 1.29 is 18.9 Å². The van der Waals surface area contributed by atoms with Gasteiger partial charge in [-0.3, -0.25) is 4.79 Å². The molecule has 1 aromatic carbocycles. The summed E-state index contributed by atoms with van der Waals surface area (Å²) >= 11 is 0. The zero-order valence-corrected chi connectivity index (χ0v) is 19.9. The molecule has 0 radical (unpaired) electrons. The van der Waals surface area contributed by atoms with E-state index in [9.17, 15) is 9.18 Å². The van der Waals surface area contributed by atoms with Gasteiger partial charge in [0.15, 0.2) is 11.6 Å². The Morgan fingerprint density at radius 1 is 1.14 bits per heavy atom. The van der Waals surface area contributed by atoms with Gasteiger partial charge in [-0.1, -0.05) is 0 Å². The number of rotatable bonds is 8. The number of anilines is 3. The average Bonchev–Trinajstić information content (AvgIpc) is 3.36. The summed E-state index contributed by atoms with van der Waals surface area (Å²) in [6, 6.07) is 9.98. The van der Waals surface area contributed by atoms with Crippen molar-refractivity contribution in [1.29, 1.82) is 0 Å². The summed E-state index contributed by atoms with van der Waals surface area (Å²) in [5.41, 5.74) is 7.92. The largest absolute Gasteiger partial charge is 0.453 e. The minimum absolute atomic E-state index is 0.107. The van der Waals surface area contributed by atoms with E-state index < -0.39 is 5.82 Å². The summed E-state index contributed by atoms with van der Waals surface area (Å²) in [5.74, 6) is 0.899. The molecule has 0 saturated carbocycles. The van der Waals surface area contributed by atoms with Crippen molar-refractivity contribution in [3.63, 3.8) is 0 Å². The molecule has 4 heterocycles. The molecule has 186 valence electrons. The number of H-pyrrole nitrogens is 2. The number of hydrogen-bond acceptors (Lipinski definition) is 6. The topological polar surface area (TPSA) is 123 Å². The number of nitrogen functional groups attached to an aromatic ring is 1. The lowest BCUT2D eigenvalue weighted by Crippen LogP contribution is -2.35. The smallest absolute Gasteiger partial charge is 0.288 e. The van der Waals surface area contributed by atoms with Gasteiger partial charge in [0.2, 0.25) is 11.9 Å². The number of aromatic amines is 2. The molecule has 9 nitrogen and oxygen atoms in total. The van der Waals surface area contributed by atoms with Crippen LogP contribution in [0.15, 0.2) is 48.8 Å². The van der Waals surface area contributed by atoms with E-state index in [0.29, 0.717) is 36.5 Å². The lowest BCUT2D eigenvalue weighted by atomic mass is 10.1. The highest BCUT2D eigenvalue weighted by molar-refractivity contribution is 5.80. The van der Waals surface area contributed by atoms with Gasteiger partial charge in [-0.15, -0.1) is 0 Å². The molecule has 3 aromatic heterocycles. The van der Waals surface area contributed by atoms with Gasteiger partial charge in [0.25, 0.3) is 5.65 Å².